The van der Waals surface area contributed by atoms with Crippen LogP contribution in [0, 0.1) is 0 Å². The Labute approximate surface area is 254 Å². The van der Waals surface area contributed by atoms with Crippen molar-refractivity contribution < 1.29 is 14.3 Å². The molecule has 0 bridgehead atoms. The fourth-order valence-electron chi connectivity index (χ4n) is 5.92. The van der Waals surface area contributed by atoms with Gasteiger partial charge in [0.25, 0.3) is 5.91 Å². The van der Waals surface area contributed by atoms with E-state index in [0.717, 1.165) is 68.7 Å². The molecule has 0 atom stereocenters. The number of hydrogen-bond donors (Lipinski definition) is 2. The predicted molar refractivity (Wildman–Crippen MR) is 170 cm³/mol. The van der Waals surface area contributed by atoms with Gasteiger partial charge >= 0.3 is 6.09 Å². The number of amides is 2. The Kier molecular flexibility index (Phi) is 9.39. The molecule has 3 aromatic rings. The van der Waals surface area contributed by atoms with Crippen LogP contribution in [0.25, 0.3) is 11.0 Å². The zero-order valence-electron chi connectivity index (χ0n) is 26.2. The number of alkyl carbamates (subject to hydrolysis) is 1. The molecule has 11 nitrogen and oxygen atoms in total. The van der Waals surface area contributed by atoms with Gasteiger partial charge in [-0.1, -0.05) is 12.8 Å². The van der Waals surface area contributed by atoms with Crippen LogP contribution in [-0.2, 0) is 4.74 Å². The molecule has 2 amide bonds. The molecule has 1 aliphatic carbocycles. The van der Waals surface area contributed by atoms with Gasteiger partial charge in [-0.2, -0.15) is 4.98 Å². The highest BCUT2D eigenvalue weighted by molar-refractivity contribution is 5.98. The number of piperazine rings is 1. The minimum Gasteiger partial charge on any atom is -0.444 e. The molecule has 1 saturated carbocycles. The third-order valence-electron chi connectivity index (χ3n) is 8.07. The molecule has 0 unspecified atom stereocenters. The van der Waals surface area contributed by atoms with Crippen molar-refractivity contribution in [2.75, 3.05) is 63.6 Å². The van der Waals surface area contributed by atoms with Crippen LogP contribution in [0.5, 0.6) is 0 Å². The van der Waals surface area contributed by atoms with E-state index in [1.54, 1.807) is 19.0 Å². The maximum atomic E-state index is 13.0. The summed E-state index contributed by atoms with van der Waals surface area (Å²) in [7, 11) is 3.58. The molecule has 3 heterocycles. The first-order chi connectivity index (χ1) is 20.6. The Bertz CT molecular complexity index is 1400. The first kappa shape index (κ1) is 30.6. The average Bonchev–Trinajstić information content (AvgIpc) is 3.62. The van der Waals surface area contributed by atoms with Crippen molar-refractivity contribution in [1.29, 1.82) is 0 Å². The lowest BCUT2D eigenvalue weighted by Gasteiger charge is -2.36. The molecular formula is C32H46N8O3. The molecule has 0 radical (unpaired) electrons. The number of fused-ring (bicyclic) bond motifs is 1. The molecule has 2 aromatic heterocycles. The second-order valence-electron chi connectivity index (χ2n) is 12.8. The van der Waals surface area contributed by atoms with Gasteiger partial charge in [-0.3, -0.25) is 9.69 Å². The molecule has 5 rings (SSSR count). The Hall–Kier alpha value is -3.86. The molecular weight excluding hydrogens is 544 g/mol. The predicted octanol–water partition coefficient (Wildman–Crippen LogP) is 5.03. The van der Waals surface area contributed by atoms with E-state index in [1.807, 2.05) is 33.0 Å². The van der Waals surface area contributed by atoms with E-state index in [2.05, 4.69) is 54.2 Å². The second-order valence-corrected chi connectivity index (χ2v) is 12.8. The minimum absolute atomic E-state index is 0.00830. The number of nitrogens with one attached hydrogen (secondary N) is 2. The number of benzene rings is 1. The monoisotopic (exact) mass is 590 g/mol. The van der Waals surface area contributed by atoms with Crippen molar-refractivity contribution in [3.8, 4) is 0 Å². The van der Waals surface area contributed by atoms with Crippen LogP contribution in [0.1, 0.15) is 69.4 Å². The summed E-state index contributed by atoms with van der Waals surface area (Å²) in [5.41, 5.74) is 3.12. The maximum absolute atomic E-state index is 13.0. The largest absolute Gasteiger partial charge is 0.444 e. The van der Waals surface area contributed by atoms with Gasteiger partial charge in [0, 0.05) is 75.8 Å². The molecule has 2 N–H and O–H groups in total. The Balaban J connectivity index is 1.15. The van der Waals surface area contributed by atoms with Gasteiger partial charge < -0.3 is 29.7 Å². The summed E-state index contributed by atoms with van der Waals surface area (Å²) >= 11 is 0. The zero-order chi connectivity index (χ0) is 30.6. The molecule has 2 aliphatic rings. The Morgan fingerprint density at radius 3 is 2.40 bits per heavy atom. The van der Waals surface area contributed by atoms with Crippen LogP contribution in [0.15, 0.2) is 36.5 Å². The van der Waals surface area contributed by atoms with E-state index in [1.165, 1.54) is 18.5 Å². The van der Waals surface area contributed by atoms with Crippen molar-refractivity contribution in [2.24, 2.45) is 0 Å². The molecule has 1 aliphatic heterocycles. The second kappa shape index (κ2) is 13.2. The number of nitrogens with zero attached hydrogens (tertiary/aromatic N) is 6. The molecule has 1 saturated heterocycles. The van der Waals surface area contributed by atoms with Crippen LogP contribution < -0.4 is 15.5 Å². The fourth-order valence-corrected chi connectivity index (χ4v) is 5.92. The summed E-state index contributed by atoms with van der Waals surface area (Å²) in [6, 6.07) is 10.6. The summed E-state index contributed by atoms with van der Waals surface area (Å²) in [6.07, 6.45) is 6.81. The van der Waals surface area contributed by atoms with E-state index in [9.17, 15) is 9.59 Å². The summed E-state index contributed by atoms with van der Waals surface area (Å²) in [6.45, 7) is 11.1. The van der Waals surface area contributed by atoms with Gasteiger partial charge in [0.1, 0.15) is 16.9 Å². The summed E-state index contributed by atoms with van der Waals surface area (Å²) in [4.78, 5) is 40.7. The van der Waals surface area contributed by atoms with Gasteiger partial charge in [0.2, 0.25) is 5.95 Å². The molecule has 1 aromatic carbocycles. The highest BCUT2D eigenvalue weighted by Gasteiger charge is 2.26. The van der Waals surface area contributed by atoms with Crippen LogP contribution in [0.4, 0.5) is 22.1 Å². The van der Waals surface area contributed by atoms with Gasteiger partial charge in [-0.05, 0) is 76.9 Å². The number of aromatic nitrogens is 3. The first-order valence-electron chi connectivity index (χ1n) is 15.5. The molecule has 2 fully saturated rings. The quantitative estimate of drug-likeness (QED) is 0.334. The van der Waals surface area contributed by atoms with E-state index in [0.29, 0.717) is 18.2 Å². The van der Waals surface area contributed by atoms with Crippen molar-refractivity contribution in [1.82, 2.24) is 29.7 Å². The minimum atomic E-state index is -0.475. The highest BCUT2D eigenvalue weighted by Crippen LogP contribution is 2.35. The maximum Gasteiger partial charge on any atom is 0.407 e. The highest BCUT2D eigenvalue weighted by atomic mass is 16.6. The average molecular weight is 591 g/mol. The zero-order valence-corrected chi connectivity index (χ0v) is 26.2. The lowest BCUT2D eigenvalue weighted by atomic mass is 10.2. The molecule has 11 heteroatoms. The number of hydrogen-bond acceptors (Lipinski definition) is 8. The van der Waals surface area contributed by atoms with Crippen molar-refractivity contribution in [3.05, 3.63) is 42.2 Å². The van der Waals surface area contributed by atoms with Crippen molar-refractivity contribution >= 4 is 40.4 Å². The topological polar surface area (TPSA) is 108 Å². The number of rotatable bonds is 9. The molecule has 0 spiro atoms. The number of carbonyl (C=O) groups is 2. The first-order valence-corrected chi connectivity index (χ1v) is 15.5. The molecule has 232 valence electrons. The van der Waals surface area contributed by atoms with Crippen LogP contribution in [0.3, 0.4) is 0 Å². The van der Waals surface area contributed by atoms with E-state index in [-0.39, 0.29) is 18.0 Å². The number of anilines is 3. The summed E-state index contributed by atoms with van der Waals surface area (Å²) < 4.78 is 7.43. The number of ether oxygens (including phenoxy) is 1. The lowest BCUT2D eigenvalue weighted by Crippen LogP contribution is -2.47. The SMILES string of the molecule is CN(C)C(=O)c1cc2cnc(Nc3ccc(N4CCN(CCCNC(=O)OC(C)(C)C)CC4)cc3)nc2n1C1CCCC1. The molecule has 43 heavy (non-hydrogen) atoms. The van der Waals surface area contributed by atoms with Crippen LogP contribution >= 0.6 is 0 Å². The fraction of sp³-hybridized carbons (Fsp3) is 0.562. The van der Waals surface area contributed by atoms with Gasteiger partial charge in [-0.15, -0.1) is 0 Å². The summed E-state index contributed by atoms with van der Waals surface area (Å²) in [5, 5.41) is 7.09. The van der Waals surface area contributed by atoms with Crippen LogP contribution in [-0.4, -0.2) is 95.3 Å². The van der Waals surface area contributed by atoms with Crippen molar-refractivity contribution in [2.45, 2.75) is 64.5 Å². The Morgan fingerprint density at radius 2 is 1.74 bits per heavy atom. The smallest absolute Gasteiger partial charge is 0.407 e. The standard InChI is InChI=1S/C32H46N8O3/c1-32(2,3)43-31(42)33-15-8-16-38-17-19-39(20-18-38)25-13-11-24(12-14-25)35-30-34-22-23-21-27(29(41)37(4)5)40(28(23)36-30)26-9-6-7-10-26/h11-14,21-22,26H,6-10,15-20H2,1-5H3,(H,33,42)(H,34,35,36). The summed E-state index contributed by atoms with van der Waals surface area (Å²) in [5.74, 6) is 0.516. The van der Waals surface area contributed by atoms with E-state index >= 15 is 0 Å². The van der Waals surface area contributed by atoms with E-state index in [4.69, 9.17) is 9.72 Å². The van der Waals surface area contributed by atoms with Gasteiger partial charge in [0.05, 0.1) is 0 Å². The van der Waals surface area contributed by atoms with Crippen LogP contribution in [0.2, 0.25) is 0 Å². The van der Waals surface area contributed by atoms with E-state index < -0.39 is 5.60 Å². The third-order valence-corrected chi connectivity index (χ3v) is 8.07. The normalized spacial score (nSPS) is 16.4. The van der Waals surface area contributed by atoms with Gasteiger partial charge in [-0.25, -0.2) is 9.78 Å². The van der Waals surface area contributed by atoms with Gasteiger partial charge in [0.15, 0.2) is 0 Å². The lowest BCUT2D eigenvalue weighted by molar-refractivity contribution is 0.0525. The third kappa shape index (κ3) is 7.76. The number of carbonyl (C=O) groups excluding carboxylic acids is 2. The Morgan fingerprint density at radius 1 is 1.05 bits per heavy atom. The van der Waals surface area contributed by atoms with Crippen molar-refractivity contribution in [3.63, 3.8) is 0 Å².